The summed E-state index contributed by atoms with van der Waals surface area (Å²) >= 11 is 0. The molecule has 4 aliphatic heterocycles. The first-order valence-electron chi connectivity index (χ1n) is 25.1. The lowest BCUT2D eigenvalue weighted by Crippen LogP contribution is -2.59. The van der Waals surface area contributed by atoms with Crippen LogP contribution in [0.25, 0.3) is 16.6 Å². The minimum absolute atomic E-state index is 0.100. The average molecular weight is 900 g/mol. The number of nitrogens with zero attached hydrogens (tertiary/aromatic N) is 1. The summed E-state index contributed by atoms with van der Waals surface area (Å²) in [5.41, 5.74) is 15.7. The third kappa shape index (κ3) is 8.67. The Morgan fingerprint density at radius 2 is 1.70 bits per heavy atom. The summed E-state index contributed by atoms with van der Waals surface area (Å²) in [5.74, 6) is 9.44. The zero-order chi connectivity index (χ0) is 45.5. The number of aliphatic hydroxyl groups is 1. The first-order chi connectivity index (χ1) is 32.7. The van der Waals surface area contributed by atoms with Crippen molar-refractivity contribution >= 4 is 16.6 Å². The molecule has 5 heterocycles. The van der Waals surface area contributed by atoms with Crippen molar-refractivity contribution in [1.29, 1.82) is 0 Å². The molecular formula is C58H65N3O6. The van der Waals surface area contributed by atoms with E-state index in [0.717, 1.165) is 110 Å². The lowest BCUT2D eigenvalue weighted by atomic mass is 9.51. The maximum atomic E-state index is 11.6. The van der Waals surface area contributed by atoms with Crippen LogP contribution in [0.2, 0.25) is 0 Å². The maximum Gasteiger partial charge on any atom is 0.161 e. The summed E-state index contributed by atoms with van der Waals surface area (Å²) in [6, 6.07) is 27.1. The SMILES string of the molecule is NC1C=C2C#C[C@H](CCc3ccc(O)cc3)CCC[C@H]3C[C@H](O)CCc4ccc(O)c(c4)OCc4cc([C@]56CCOC7(CCCCC7)[C@@H]5CCc5ccccc56)cc5cn(cc45)C(=C2CO3)N1. The minimum atomic E-state index is -0.580. The molecule has 1 unspecified atom stereocenters. The number of aromatic hydroxyl groups is 2. The van der Waals surface area contributed by atoms with Crippen LogP contribution >= 0.6 is 0 Å². The van der Waals surface area contributed by atoms with E-state index in [1.54, 1.807) is 18.2 Å². The van der Waals surface area contributed by atoms with Gasteiger partial charge in [0.05, 0.1) is 30.6 Å². The zero-order valence-corrected chi connectivity index (χ0v) is 38.7. The van der Waals surface area contributed by atoms with E-state index in [1.165, 1.54) is 41.5 Å². The molecule has 1 spiro atoms. The van der Waals surface area contributed by atoms with E-state index in [1.807, 2.05) is 30.3 Å². The second-order valence-electron chi connectivity index (χ2n) is 20.4. The quantitative estimate of drug-likeness (QED) is 0.113. The van der Waals surface area contributed by atoms with Crippen LogP contribution < -0.4 is 15.8 Å². The number of phenolic OH excluding ortho intramolecular Hbond substituents is 2. The number of aryl methyl sites for hydroxylation is 3. The number of dihydropyridines is 1. The largest absolute Gasteiger partial charge is 0.508 e. The molecule has 348 valence electrons. The third-order valence-corrected chi connectivity index (χ3v) is 16.3. The normalized spacial score (nSPS) is 27.3. The number of aromatic nitrogens is 1. The van der Waals surface area contributed by atoms with Crippen LogP contribution in [-0.4, -0.2) is 57.1 Å². The van der Waals surface area contributed by atoms with Crippen LogP contribution in [0.3, 0.4) is 0 Å². The Hall–Kier alpha value is -5.50. The van der Waals surface area contributed by atoms with Crippen molar-refractivity contribution in [3.05, 3.63) is 142 Å². The number of rotatable bonds is 4. The first-order valence-corrected chi connectivity index (χ1v) is 25.1. The fourth-order valence-electron chi connectivity index (χ4n) is 12.9. The lowest BCUT2D eigenvalue weighted by molar-refractivity contribution is -0.166. The topological polar surface area (TPSA) is 131 Å². The summed E-state index contributed by atoms with van der Waals surface area (Å²) in [6.07, 6.45) is 20.2. The highest BCUT2D eigenvalue weighted by molar-refractivity contribution is 5.88. The smallest absolute Gasteiger partial charge is 0.161 e. The van der Waals surface area contributed by atoms with Crippen molar-refractivity contribution in [3.8, 4) is 29.1 Å². The van der Waals surface area contributed by atoms with Gasteiger partial charge in [0.25, 0.3) is 0 Å². The number of benzene rings is 4. The van der Waals surface area contributed by atoms with Gasteiger partial charge in [0, 0.05) is 58.2 Å². The monoisotopic (exact) mass is 899 g/mol. The van der Waals surface area contributed by atoms with Gasteiger partial charge in [-0.1, -0.05) is 79.6 Å². The molecule has 6 N–H and O–H groups in total. The Kier molecular flexibility index (Phi) is 12.2. The summed E-state index contributed by atoms with van der Waals surface area (Å²) in [6.45, 7) is 1.29. The van der Waals surface area contributed by atoms with Crippen molar-refractivity contribution in [1.82, 2.24) is 9.88 Å². The van der Waals surface area contributed by atoms with Crippen LogP contribution in [-0.2, 0) is 40.8 Å². The van der Waals surface area contributed by atoms with Gasteiger partial charge < -0.3 is 45.1 Å². The molecule has 1 saturated heterocycles. The molecule has 5 aromatic rings. The number of fused-ring (bicyclic) bond motifs is 10. The fourth-order valence-corrected chi connectivity index (χ4v) is 12.9. The Labute approximate surface area is 395 Å². The second kappa shape index (κ2) is 18.5. The van der Waals surface area contributed by atoms with Crippen LogP contribution in [0.15, 0.2) is 108 Å². The van der Waals surface area contributed by atoms with Crippen molar-refractivity contribution < 1.29 is 29.5 Å². The molecule has 11 rings (SSSR count). The number of nitrogens with two attached hydrogens (primary N) is 1. The molecule has 6 bridgehead atoms. The Bertz CT molecular complexity index is 2750. The Morgan fingerprint density at radius 1 is 0.836 bits per heavy atom. The molecule has 4 aromatic carbocycles. The van der Waals surface area contributed by atoms with Crippen LogP contribution in [0.1, 0.15) is 117 Å². The fraction of sp³-hybridized carbons (Fsp3) is 0.448. The number of phenols is 2. The van der Waals surface area contributed by atoms with Gasteiger partial charge in [0.1, 0.15) is 18.2 Å². The first kappa shape index (κ1) is 44.0. The van der Waals surface area contributed by atoms with Gasteiger partial charge in [-0.05, 0) is 153 Å². The molecule has 9 heteroatoms. The van der Waals surface area contributed by atoms with Crippen LogP contribution in [0.4, 0.5) is 0 Å². The molecule has 1 aromatic heterocycles. The minimum Gasteiger partial charge on any atom is -0.508 e. The number of hydrogen-bond donors (Lipinski definition) is 5. The molecular weight excluding hydrogens is 835 g/mol. The molecule has 67 heavy (non-hydrogen) atoms. The predicted molar refractivity (Wildman–Crippen MR) is 262 cm³/mol. The average Bonchev–Trinajstić information content (AvgIpc) is 3.77. The van der Waals surface area contributed by atoms with Gasteiger partial charge in [-0.3, -0.25) is 0 Å². The molecule has 2 fully saturated rings. The molecule has 0 radical (unpaired) electrons. The van der Waals surface area contributed by atoms with Gasteiger partial charge in [-0.25, -0.2) is 0 Å². The summed E-state index contributed by atoms with van der Waals surface area (Å²) in [7, 11) is 0. The van der Waals surface area contributed by atoms with E-state index in [0.29, 0.717) is 37.5 Å². The number of aliphatic hydroxyl groups excluding tert-OH is 1. The van der Waals surface area contributed by atoms with Crippen LogP contribution in [0.5, 0.6) is 17.2 Å². The highest BCUT2D eigenvalue weighted by atomic mass is 16.5. The van der Waals surface area contributed by atoms with E-state index in [9.17, 15) is 15.3 Å². The van der Waals surface area contributed by atoms with E-state index >= 15 is 0 Å². The Morgan fingerprint density at radius 3 is 2.58 bits per heavy atom. The summed E-state index contributed by atoms with van der Waals surface area (Å²) < 4.78 is 22.8. The third-order valence-electron chi connectivity index (χ3n) is 16.3. The van der Waals surface area contributed by atoms with Crippen LogP contribution in [0, 0.1) is 23.7 Å². The highest BCUT2D eigenvalue weighted by Crippen LogP contribution is 2.59. The number of ether oxygens (including phenoxy) is 3. The molecule has 9 nitrogen and oxygen atoms in total. The number of hydrogen-bond acceptors (Lipinski definition) is 8. The molecule has 6 atom stereocenters. The second-order valence-corrected chi connectivity index (χ2v) is 20.4. The maximum absolute atomic E-state index is 11.6. The van der Waals surface area contributed by atoms with Gasteiger partial charge in [0.2, 0.25) is 0 Å². The Balaban J connectivity index is 1.07. The molecule has 0 amide bonds. The van der Waals surface area contributed by atoms with E-state index in [4.69, 9.17) is 19.9 Å². The van der Waals surface area contributed by atoms with Crippen molar-refractivity contribution in [2.24, 2.45) is 17.6 Å². The van der Waals surface area contributed by atoms with E-state index in [-0.39, 0.29) is 41.1 Å². The summed E-state index contributed by atoms with van der Waals surface area (Å²) in [5, 5.41) is 38.5. The zero-order valence-electron chi connectivity index (χ0n) is 38.7. The standard InChI is InChI=1S/C58H65N3O6/c59-55-32-42-18-13-38(11-12-39-14-20-46(62)21-15-39)7-6-9-48-33-47(63)22-16-40-17-23-52(64)53(29-40)66-36-44-31-45(30-43-34-61(35-49(43)44)56(60-55)50(42)37-65-48)58-27-28-67-57(25-4-1-5-26-57)54(58)24-19-41-8-2-3-10-51(41)58/h2-3,8,10,14-15,17,20-21,23,29-32,34-35,38,47-48,54-55,60,62-64H,1,4-7,9,11-12,16,19,22,24-28,33,36-37,59H2/t38-,47+,48-,54-,55?,58-/m0/s1. The molecule has 6 aliphatic rings. The van der Waals surface area contributed by atoms with Gasteiger partial charge in [-0.15, -0.1) is 0 Å². The highest BCUT2D eigenvalue weighted by Gasteiger charge is 2.58. The van der Waals surface area contributed by atoms with E-state index in [2.05, 4.69) is 70.5 Å². The van der Waals surface area contributed by atoms with Gasteiger partial charge in [0.15, 0.2) is 11.5 Å². The van der Waals surface area contributed by atoms with Crippen molar-refractivity contribution in [2.45, 2.75) is 139 Å². The predicted octanol–water partition coefficient (Wildman–Crippen LogP) is 10.1. The lowest BCUT2D eigenvalue weighted by Gasteiger charge is -2.59. The van der Waals surface area contributed by atoms with Crippen molar-refractivity contribution in [2.75, 3.05) is 13.2 Å². The van der Waals surface area contributed by atoms with Gasteiger partial charge >= 0.3 is 0 Å². The number of nitrogens with one attached hydrogen (secondary N) is 1. The molecule has 1 saturated carbocycles. The summed E-state index contributed by atoms with van der Waals surface area (Å²) in [4.78, 5) is 0. The molecule has 2 aliphatic carbocycles. The van der Waals surface area contributed by atoms with Crippen molar-refractivity contribution in [3.63, 3.8) is 0 Å². The van der Waals surface area contributed by atoms with E-state index < -0.39 is 12.3 Å². The van der Waals surface area contributed by atoms with Gasteiger partial charge in [-0.2, -0.15) is 0 Å².